The number of hydrogen-bond acceptors (Lipinski definition) is 1. The van der Waals surface area contributed by atoms with Gasteiger partial charge in [0, 0.05) is 43.4 Å². The van der Waals surface area contributed by atoms with Crippen LogP contribution in [0, 0.1) is 5.82 Å². The summed E-state index contributed by atoms with van der Waals surface area (Å²) in [4.78, 5) is 7.37. The summed E-state index contributed by atoms with van der Waals surface area (Å²) in [5.74, 6) is 0.438. The fourth-order valence-electron chi connectivity index (χ4n) is 2.83. The van der Waals surface area contributed by atoms with Crippen molar-refractivity contribution in [3.63, 3.8) is 0 Å². The molecule has 26 heavy (non-hydrogen) atoms. The van der Waals surface area contributed by atoms with Gasteiger partial charge in [-0.3, -0.25) is 4.99 Å². The molecular formula is C18H20Cl2FN5. The van der Waals surface area contributed by atoms with Gasteiger partial charge in [0.05, 0.1) is 11.6 Å². The summed E-state index contributed by atoms with van der Waals surface area (Å²) >= 11 is 12.1. The maximum Gasteiger partial charge on any atom is 0.191 e. The molecule has 1 aromatic carbocycles. The number of hydrogen-bond donors (Lipinski definition) is 3. The molecule has 0 aliphatic heterocycles. The molecule has 3 aromatic rings. The Bertz CT molecular complexity index is 945. The van der Waals surface area contributed by atoms with E-state index >= 15 is 0 Å². The third-order valence-corrected chi connectivity index (χ3v) is 5.13. The molecule has 2 aromatic heterocycles. The number of rotatable bonds is 5. The van der Waals surface area contributed by atoms with Crippen LogP contribution in [0.2, 0.25) is 10.2 Å². The zero-order chi connectivity index (χ0) is 18.7. The second-order valence-electron chi connectivity index (χ2n) is 5.94. The third kappa shape index (κ3) is 3.97. The van der Waals surface area contributed by atoms with Crippen LogP contribution >= 0.6 is 23.2 Å². The summed E-state index contributed by atoms with van der Waals surface area (Å²) in [6.07, 6.45) is 2.65. The van der Waals surface area contributed by atoms with Gasteiger partial charge < -0.3 is 20.2 Å². The molecule has 0 amide bonds. The Morgan fingerprint density at radius 3 is 2.77 bits per heavy atom. The van der Waals surface area contributed by atoms with E-state index in [4.69, 9.17) is 23.2 Å². The van der Waals surface area contributed by atoms with E-state index in [1.807, 2.05) is 23.9 Å². The quantitative estimate of drug-likeness (QED) is 0.453. The molecule has 0 unspecified atom stereocenters. The van der Waals surface area contributed by atoms with Crippen molar-refractivity contribution in [3.05, 3.63) is 57.7 Å². The molecular weight excluding hydrogens is 376 g/mol. The van der Waals surface area contributed by atoms with Crippen LogP contribution in [0.3, 0.4) is 0 Å². The van der Waals surface area contributed by atoms with Crippen LogP contribution in [0.5, 0.6) is 0 Å². The Hall–Kier alpha value is -2.18. The summed E-state index contributed by atoms with van der Waals surface area (Å²) in [6, 6.07) is 6.58. The lowest BCUT2D eigenvalue weighted by Crippen LogP contribution is -2.38. The standard InChI is InChI=1S/C18H20Cl2FN5/c1-22-18(25-10-13-8-15(19)17(20)26(13)2)23-6-5-11-9-24-16-4-3-12(21)7-14(11)16/h3-4,7-9,24H,5-6,10H2,1-2H3,(H2,22,23,25). The van der Waals surface area contributed by atoms with Crippen LogP contribution in [0.15, 0.2) is 35.5 Å². The number of halogens is 3. The van der Waals surface area contributed by atoms with Crippen LogP contribution in [0.25, 0.3) is 10.9 Å². The Morgan fingerprint density at radius 2 is 2.08 bits per heavy atom. The number of benzene rings is 1. The highest BCUT2D eigenvalue weighted by atomic mass is 35.5. The number of guanidine groups is 1. The molecule has 3 rings (SSSR count). The molecule has 0 aliphatic rings. The predicted octanol–water partition coefficient (Wildman–Crippen LogP) is 3.86. The zero-order valence-corrected chi connectivity index (χ0v) is 16.0. The van der Waals surface area contributed by atoms with Gasteiger partial charge in [0.25, 0.3) is 0 Å². The molecule has 0 saturated carbocycles. The Labute approximate surface area is 161 Å². The van der Waals surface area contributed by atoms with Crippen LogP contribution in [-0.4, -0.2) is 29.1 Å². The fourth-order valence-corrected chi connectivity index (χ4v) is 3.24. The van der Waals surface area contributed by atoms with Crippen molar-refractivity contribution >= 4 is 40.1 Å². The third-order valence-electron chi connectivity index (χ3n) is 4.29. The summed E-state index contributed by atoms with van der Waals surface area (Å²) in [7, 11) is 3.57. The van der Waals surface area contributed by atoms with Crippen molar-refractivity contribution in [3.8, 4) is 0 Å². The Balaban J connectivity index is 1.55. The van der Waals surface area contributed by atoms with E-state index in [0.717, 1.165) is 28.6 Å². The van der Waals surface area contributed by atoms with Crippen LogP contribution in [0.4, 0.5) is 4.39 Å². The van der Waals surface area contributed by atoms with Gasteiger partial charge in [0.2, 0.25) is 0 Å². The molecule has 8 heteroatoms. The summed E-state index contributed by atoms with van der Waals surface area (Å²) in [6.45, 7) is 1.21. The maximum absolute atomic E-state index is 13.4. The number of nitrogens with zero attached hydrogens (tertiary/aromatic N) is 2. The number of H-pyrrole nitrogens is 1. The number of aliphatic imine (C=N–C) groups is 1. The first-order chi connectivity index (χ1) is 12.5. The average molecular weight is 396 g/mol. The normalized spacial score (nSPS) is 12.0. The van der Waals surface area contributed by atoms with Gasteiger partial charge in [-0.25, -0.2) is 4.39 Å². The van der Waals surface area contributed by atoms with Crippen molar-refractivity contribution in [2.45, 2.75) is 13.0 Å². The minimum atomic E-state index is -0.233. The van der Waals surface area contributed by atoms with Gasteiger partial charge >= 0.3 is 0 Å². The topological polar surface area (TPSA) is 57.1 Å². The molecule has 3 N–H and O–H groups in total. The molecule has 2 heterocycles. The van der Waals surface area contributed by atoms with Crippen molar-refractivity contribution in [2.24, 2.45) is 12.0 Å². The number of aromatic amines is 1. The lowest BCUT2D eigenvalue weighted by molar-refractivity contribution is 0.629. The lowest BCUT2D eigenvalue weighted by Gasteiger charge is -2.12. The van der Waals surface area contributed by atoms with Crippen LogP contribution < -0.4 is 10.6 Å². The van der Waals surface area contributed by atoms with E-state index in [0.29, 0.717) is 29.2 Å². The first-order valence-corrected chi connectivity index (χ1v) is 8.95. The van der Waals surface area contributed by atoms with E-state index in [-0.39, 0.29) is 5.82 Å². The average Bonchev–Trinajstić information content (AvgIpc) is 3.14. The van der Waals surface area contributed by atoms with Gasteiger partial charge in [0.15, 0.2) is 5.96 Å². The van der Waals surface area contributed by atoms with Crippen molar-refractivity contribution in [1.29, 1.82) is 0 Å². The smallest absolute Gasteiger partial charge is 0.191 e. The van der Waals surface area contributed by atoms with Gasteiger partial charge in [-0.15, -0.1) is 0 Å². The van der Waals surface area contributed by atoms with Gasteiger partial charge in [0.1, 0.15) is 11.0 Å². The van der Waals surface area contributed by atoms with Crippen LogP contribution in [0.1, 0.15) is 11.3 Å². The number of fused-ring (bicyclic) bond motifs is 1. The van der Waals surface area contributed by atoms with Crippen LogP contribution in [-0.2, 0) is 20.0 Å². The molecule has 0 spiro atoms. The van der Waals surface area contributed by atoms with E-state index in [1.165, 1.54) is 6.07 Å². The minimum Gasteiger partial charge on any atom is -0.361 e. The Morgan fingerprint density at radius 1 is 1.27 bits per heavy atom. The van der Waals surface area contributed by atoms with E-state index in [9.17, 15) is 4.39 Å². The highest BCUT2D eigenvalue weighted by Gasteiger charge is 2.09. The van der Waals surface area contributed by atoms with E-state index < -0.39 is 0 Å². The first-order valence-electron chi connectivity index (χ1n) is 8.19. The molecule has 0 atom stereocenters. The highest BCUT2D eigenvalue weighted by molar-refractivity contribution is 6.41. The number of nitrogens with one attached hydrogen (secondary N) is 3. The molecule has 0 fully saturated rings. The summed E-state index contributed by atoms with van der Waals surface area (Å²) in [5, 5.41) is 8.43. The maximum atomic E-state index is 13.4. The SMILES string of the molecule is CN=C(NCCc1c[nH]c2ccc(F)cc12)NCc1cc(Cl)c(Cl)n1C. The summed E-state index contributed by atoms with van der Waals surface area (Å²) in [5.41, 5.74) is 2.94. The van der Waals surface area contributed by atoms with E-state index in [2.05, 4.69) is 20.6 Å². The molecule has 0 aliphatic carbocycles. The van der Waals surface area contributed by atoms with Gasteiger partial charge in [-0.2, -0.15) is 0 Å². The zero-order valence-electron chi connectivity index (χ0n) is 14.5. The highest BCUT2D eigenvalue weighted by Crippen LogP contribution is 2.25. The second-order valence-corrected chi connectivity index (χ2v) is 6.71. The summed E-state index contributed by atoms with van der Waals surface area (Å²) < 4.78 is 15.3. The minimum absolute atomic E-state index is 0.233. The van der Waals surface area contributed by atoms with Gasteiger partial charge in [-0.05, 0) is 36.2 Å². The molecule has 0 radical (unpaired) electrons. The van der Waals surface area contributed by atoms with Crippen molar-refractivity contribution in [2.75, 3.05) is 13.6 Å². The predicted molar refractivity (Wildman–Crippen MR) is 106 cm³/mol. The lowest BCUT2D eigenvalue weighted by atomic mass is 10.1. The molecule has 5 nitrogen and oxygen atoms in total. The van der Waals surface area contributed by atoms with Crippen molar-refractivity contribution < 1.29 is 4.39 Å². The van der Waals surface area contributed by atoms with Gasteiger partial charge in [-0.1, -0.05) is 23.2 Å². The molecule has 0 saturated heterocycles. The van der Waals surface area contributed by atoms with E-state index in [1.54, 1.807) is 19.2 Å². The monoisotopic (exact) mass is 395 g/mol. The Kier molecular flexibility index (Phi) is 5.74. The second kappa shape index (κ2) is 8.01. The fraction of sp³-hybridized carbons (Fsp3) is 0.278. The first kappa shape index (κ1) is 18.6. The largest absolute Gasteiger partial charge is 0.361 e. The molecule has 138 valence electrons. The number of aromatic nitrogens is 2. The van der Waals surface area contributed by atoms with Crippen molar-refractivity contribution in [1.82, 2.24) is 20.2 Å². The molecule has 0 bridgehead atoms.